The van der Waals surface area contributed by atoms with Gasteiger partial charge in [-0.15, -0.1) is 0 Å². The van der Waals surface area contributed by atoms with Crippen LogP contribution in [-0.4, -0.2) is 44.9 Å². The molecule has 0 saturated carbocycles. The smallest absolute Gasteiger partial charge is 0.122 e. The highest BCUT2D eigenvalue weighted by Gasteiger charge is 2.33. The van der Waals surface area contributed by atoms with Crippen LogP contribution in [-0.2, 0) is 6.42 Å². The summed E-state index contributed by atoms with van der Waals surface area (Å²) in [6.07, 6.45) is 15.0. The van der Waals surface area contributed by atoms with Crippen LogP contribution in [0.4, 0.5) is 0 Å². The summed E-state index contributed by atoms with van der Waals surface area (Å²) in [7, 11) is 0. The quantitative estimate of drug-likeness (QED) is 0.648. The number of H-pyrrole nitrogens is 2. The van der Waals surface area contributed by atoms with E-state index < -0.39 is 0 Å². The van der Waals surface area contributed by atoms with E-state index in [2.05, 4.69) is 62.1 Å². The van der Waals surface area contributed by atoms with Gasteiger partial charge in [-0.2, -0.15) is 10.2 Å². The first-order valence-corrected chi connectivity index (χ1v) is 9.82. The molecule has 4 heterocycles. The summed E-state index contributed by atoms with van der Waals surface area (Å²) >= 11 is 0. The Kier molecular flexibility index (Phi) is 3.65. The molecular weight excluding hydrogens is 364 g/mol. The van der Waals surface area contributed by atoms with E-state index in [1.165, 1.54) is 5.56 Å². The number of fused-ring (bicyclic) bond motifs is 2. The minimum absolute atomic E-state index is 0.110. The minimum atomic E-state index is 0.110. The second-order valence-corrected chi connectivity index (χ2v) is 7.66. The van der Waals surface area contributed by atoms with Gasteiger partial charge in [0.15, 0.2) is 0 Å². The van der Waals surface area contributed by atoms with Gasteiger partial charge >= 0.3 is 0 Å². The molecule has 0 fully saturated rings. The Morgan fingerprint density at radius 2 is 1.86 bits per heavy atom. The molecule has 2 aliphatic heterocycles. The second kappa shape index (κ2) is 6.48. The van der Waals surface area contributed by atoms with Crippen LogP contribution in [0.25, 0.3) is 16.7 Å². The molecule has 1 aromatic carbocycles. The van der Waals surface area contributed by atoms with E-state index in [0.29, 0.717) is 6.61 Å². The normalized spacial score (nSPS) is 24.8. The highest BCUT2D eigenvalue weighted by atomic mass is 16.5. The number of nitrogens with zero attached hydrogens (tertiary/aromatic N) is 3. The SMILES string of the molecule is C1=CC2NC(C3COc4ccc(-c5cn[nH]c5)cc4C3)=NC2C=C1c1cn[nH]c1. The van der Waals surface area contributed by atoms with Gasteiger partial charge in [0, 0.05) is 23.5 Å². The first-order valence-electron chi connectivity index (χ1n) is 9.82. The van der Waals surface area contributed by atoms with Crippen molar-refractivity contribution in [1.82, 2.24) is 25.7 Å². The standard InChI is InChI=1S/C22H20N6O/c1-3-19-20(7-14(1)18-10-25-26-11-18)28-22(27-19)16-6-15-5-13(17-8-23-24-9-17)2-4-21(15)29-12-16/h1-5,7-11,16,19-20H,6,12H2,(H,23,24)(H,25,26)(H,27,28). The van der Waals surface area contributed by atoms with Gasteiger partial charge in [-0.05, 0) is 41.3 Å². The molecule has 3 aliphatic rings. The molecule has 29 heavy (non-hydrogen) atoms. The molecule has 6 rings (SSSR count). The summed E-state index contributed by atoms with van der Waals surface area (Å²) < 4.78 is 6.06. The van der Waals surface area contributed by atoms with Crippen LogP contribution in [0.3, 0.4) is 0 Å². The zero-order valence-electron chi connectivity index (χ0n) is 15.7. The third-order valence-electron chi connectivity index (χ3n) is 5.82. The lowest BCUT2D eigenvalue weighted by molar-refractivity contribution is 0.257. The number of aliphatic imine (C=N–C) groups is 1. The largest absolute Gasteiger partial charge is 0.493 e. The van der Waals surface area contributed by atoms with Crippen LogP contribution in [0.5, 0.6) is 5.75 Å². The predicted molar refractivity (Wildman–Crippen MR) is 111 cm³/mol. The lowest BCUT2D eigenvalue weighted by Crippen LogP contribution is -2.39. The Morgan fingerprint density at radius 1 is 1.00 bits per heavy atom. The number of ether oxygens (including phenoxy) is 1. The van der Waals surface area contributed by atoms with Gasteiger partial charge in [0.1, 0.15) is 11.6 Å². The van der Waals surface area contributed by atoms with Crippen LogP contribution in [0.2, 0.25) is 0 Å². The highest BCUT2D eigenvalue weighted by molar-refractivity contribution is 5.89. The number of hydrogen-bond acceptors (Lipinski definition) is 5. The van der Waals surface area contributed by atoms with Crippen molar-refractivity contribution >= 4 is 11.4 Å². The number of benzene rings is 1. The van der Waals surface area contributed by atoms with Gasteiger partial charge in [-0.25, -0.2) is 0 Å². The van der Waals surface area contributed by atoms with Gasteiger partial charge < -0.3 is 10.1 Å². The van der Waals surface area contributed by atoms with E-state index in [1.54, 1.807) is 0 Å². The van der Waals surface area contributed by atoms with Gasteiger partial charge in [0.25, 0.3) is 0 Å². The van der Waals surface area contributed by atoms with E-state index in [1.807, 2.05) is 24.8 Å². The molecular formula is C22H20N6O. The monoisotopic (exact) mass is 384 g/mol. The van der Waals surface area contributed by atoms with Crippen LogP contribution < -0.4 is 10.1 Å². The first kappa shape index (κ1) is 16.4. The second-order valence-electron chi connectivity index (χ2n) is 7.66. The third kappa shape index (κ3) is 2.86. The number of rotatable bonds is 3. The number of aromatic nitrogens is 4. The van der Waals surface area contributed by atoms with Crippen molar-refractivity contribution < 1.29 is 4.74 Å². The maximum absolute atomic E-state index is 6.06. The molecule has 3 N–H and O–H groups in total. The zero-order chi connectivity index (χ0) is 19.2. The molecule has 7 heteroatoms. The van der Waals surface area contributed by atoms with Crippen molar-refractivity contribution in [3.8, 4) is 16.9 Å². The molecule has 0 amide bonds. The summed E-state index contributed by atoms with van der Waals surface area (Å²) in [5.41, 5.74) is 5.68. The minimum Gasteiger partial charge on any atom is -0.493 e. The summed E-state index contributed by atoms with van der Waals surface area (Å²) in [6, 6.07) is 6.65. The third-order valence-corrected chi connectivity index (χ3v) is 5.82. The Balaban J connectivity index is 1.24. The fourth-order valence-corrected chi connectivity index (χ4v) is 4.27. The molecule has 7 nitrogen and oxygen atoms in total. The number of nitrogens with one attached hydrogen (secondary N) is 3. The molecule has 3 atom stereocenters. The van der Waals surface area contributed by atoms with E-state index in [4.69, 9.17) is 9.73 Å². The maximum Gasteiger partial charge on any atom is 0.122 e. The first-order chi connectivity index (χ1) is 14.3. The van der Waals surface area contributed by atoms with Crippen molar-refractivity contribution in [3.05, 3.63) is 72.3 Å². The average molecular weight is 384 g/mol. The van der Waals surface area contributed by atoms with E-state index in [-0.39, 0.29) is 18.0 Å². The molecule has 0 spiro atoms. The highest BCUT2D eigenvalue weighted by Crippen LogP contribution is 2.33. The van der Waals surface area contributed by atoms with Gasteiger partial charge in [0.2, 0.25) is 0 Å². The van der Waals surface area contributed by atoms with Crippen molar-refractivity contribution in [3.63, 3.8) is 0 Å². The molecule has 0 saturated heterocycles. The fourth-order valence-electron chi connectivity index (χ4n) is 4.27. The van der Waals surface area contributed by atoms with Crippen molar-refractivity contribution in [2.24, 2.45) is 10.9 Å². The molecule has 3 unspecified atom stereocenters. The maximum atomic E-state index is 6.06. The summed E-state index contributed by atoms with van der Waals surface area (Å²) in [6.45, 7) is 0.644. The van der Waals surface area contributed by atoms with Crippen LogP contribution >= 0.6 is 0 Å². The number of hydrogen-bond donors (Lipinski definition) is 3. The van der Waals surface area contributed by atoms with Gasteiger partial charge in [0.05, 0.1) is 37.0 Å². The van der Waals surface area contributed by atoms with Gasteiger partial charge in [-0.1, -0.05) is 18.2 Å². The zero-order valence-corrected chi connectivity index (χ0v) is 15.7. The Morgan fingerprint density at radius 3 is 2.69 bits per heavy atom. The summed E-state index contributed by atoms with van der Waals surface area (Å²) in [5.74, 6) is 2.23. The Bertz CT molecular complexity index is 1130. The van der Waals surface area contributed by atoms with Crippen molar-refractivity contribution in [2.75, 3.05) is 6.61 Å². The topological polar surface area (TPSA) is 91.0 Å². The molecule has 2 aromatic heterocycles. The summed E-state index contributed by atoms with van der Waals surface area (Å²) in [5, 5.41) is 17.4. The fraction of sp³-hybridized carbons (Fsp3) is 0.227. The molecule has 144 valence electrons. The Labute approximate surface area is 167 Å². The van der Waals surface area contributed by atoms with E-state index in [9.17, 15) is 0 Å². The predicted octanol–water partition coefficient (Wildman–Crippen LogP) is 2.74. The Hall–Kier alpha value is -3.61. The van der Waals surface area contributed by atoms with Gasteiger partial charge in [-0.3, -0.25) is 15.2 Å². The van der Waals surface area contributed by atoms with E-state index >= 15 is 0 Å². The number of allylic oxidation sites excluding steroid dienone is 2. The summed E-state index contributed by atoms with van der Waals surface area (Å²) in [4.78, 5) is 4.99. The van der Waals surface area contributed by atoms with E-state index in [0.717, 1.165) is 40.3 Å². The number of amidine groups is 1. The molecule has 3 aromatic rings. The lowest BCUT2D eigenvalue weighted by atomic mass is 9.93. The van der Waals surface area contributed by atoms with Crippen LogP contribution in [0.15, 0.2) is 66.2 Å². The number of aromatic amines is 2. The van der Waals surface area contributed by atoms with Crippen molar-refractivity contribution in [2.45, 2.75) is 18.5 Å². The molecule has 0 bridgehead atoms. The van der Waals surface area contributed by atoms with Crippen molar-refractivity contribution in [1.29, 1.82) is 0 Å². The van der Waals surface area contributed by atoms with Crippen LogP contribution in [0.1, 0.15) is 11.1 Å². The molecule has 0 radical (unpaired) electrons. The van der Waals surface area contributed by atoms with Crippen LogP contribution in [0, 0.1) is 5.92 Å². The molecule has 1 aliphatic carbocycles. The average Bonchev–Trinajstić information content (AvgIpc) is 3.53. The lowest BCUT2D eigenvalue weighted by Gasteiger charge is -2.26.